The van der Waals surface area contributed by atoms with Gasteiger partial charge < -0.3 is 9.80 Å². The van der Waals surface area contributed by atoms with Crippen LogP contribution >= 0.6 is 0 Å². The van der Waals surface area contributed by atoms with Gasteiger partial charge in [-0.15, -0.1) is 0 Å². The number of aryl methyl sites for hydroxylation is 2. The number of carbonyl (C=O) groups excluding carboxylic acids is 1. The molecule has 6 heteroatoms. The van der Waals surface area contributed by atoms with Crippen molar-refractivity contribution in [3.05, 3.63) is 64.1 Å². The van der Waals surface area contributed by atoms with Gasteiger partial charge in [0.05, 0.1) is 16.8 Å². The number of fused-ring (bicyclic) bond motifs is 2. The largest absolute Gasteiger partial charge is 0.364 e. The lowest BCUT2D eigenvalue weighted by molar-refractivity contribution is 0.0980. The first-order valence-electron chi connectivity index (χ1n) is 11.7. The number of anilines is 2. The minimum absolute atomic E-state index is 0.128. The molecule has 2 aliphatic heterocycles. The summed E-state index contributed by atoms with van der Waals surface area (Å²) >= 11 is 0. The summed E-state index contributed by atoms with van der Waals surface area (Å²) in [4.78, 5) is 31.2. The Balaban J connectivity index is 1.67. The Labute approximate surface area is 188 Å². The van der Waals surface area contributed by atoms with E-state index in [1.165, 1.54) is 10.2 Å². The van der Waals surface area contributed by atoms with Crippen molar-refractivity contribution >= 4 is 28.1 Å². The molecular weight excluding hydrogens is 400 g/mol. The second-order valence-electron chi connectivity index (χ2n) is 9.04. The van der Waals surface area contributed by atoms with Gasteiger partial charge in [0.2, 0.25) is 0 Å². The normalized spacial score (nSPS) is 20.6. The number of para-hydroxylation sites is 1. The van der Waals surface area contributed by atoms with Crippen LogP contribution in [0.15, 0.2) is 47.3 Å². The van der Waals surface area contributed by atoms with Crippen LogP contribution < -0.4 is 15.4 Å². The van der Waals surface area contributed by atoms with Crippen molar-refractivity contribution in [1.29, 1.82) is 0 Å². The lowest BCUT2D eigenvalue weighted by Crippen LogP contribution is -2.40. The predicted octanol–water partition coefficient (Wildman–Crippen LogP) is 4.39. The molecule has 1 amide bonds. The summed E-state index contributed by atoms with van der Waals surface area (Å²) in [6.07, 6.45) is 4.20. The van der Waals surface area contributed by atoms with E-state index in [9.17, 15) is 9.59 Å². The van der Waals surface area contributed by atoms with Crippen molar-refractivity contribution < 1.29 is 4.79 Å². The number of hydrogen-bond acceptors (Lipinski definition) is 4. The van der Waals surface area contributed by atoms with E-state index >= 15 is 0 Å². The van der Waals surface area contributed by atoms with E-state index in [0.29, 0.717) is 41.6 Å². The second-order valence-corrected chi connectivity index (χ2v) is 9.04. The van der Waals surface area contributed by atoms with Gasteiger partial charge in [0.25, 0.3) is 11.5 Å². The van der Waals surface area contributed by atoms with Crippen molar-refractivity contribution in [2.24, 2.45) is 0 Å². The molecule has 0 N–H and O–H groups in total. The summed E-state index contributed by atoms with van der Waals surface area (Å²) in [5.74, 6) is -0.128. The number of rotatable bonds is 3. The Morgan fingerprint density at radius 2 is 1.75 bits per heavy atom. The molecule has 6 nitrogen and oxygen atoms in total. The molecule has 1 aromatic heterocycles. The fourth-order valence-corrected chi connectivity index (χ4v) is 5.45. The standard InChI is InChI=1S/C26H30N4O2/c1-4-29-25(31)21-12-6-5-11-20(21)23(27-29)26(32)28-16-8-10-19-9-7-13-22(24(19)28)30-17(2)14-15-18(30)3/h5-7,9,11-13,17-18H,4,8,10,14-16H2,1-3H3/t17-,18-/m1/s1. The molecule has 5 rings (SSSR count). The summed E-state index contributed by atoms with van der Waals surface area (Å²) in [7, 11) is 0. The number of hydrogen-bond donors (Lipinski definition) is 0. The summed E-state index contributed by atoms with van der Waals surface area (Å²) < 4.78 is 1.40. The van der Waals surface area contributed by atoms with Gasteiger partial charge in [0, 0.05) is 30.6 Å². The highest BCUT2D eigenvalue weighted by Crippen LogP contribution is 2.42. The predicted molar refractivity (Wildman–Crippen MR) is 129 cm³/mol. The van der Waals surface area contributed by atoms with Gasteiger partial charge in [0.15, 0.2) is 5.69 Å². The topological polar surface area (TPSA) is 58.4 Å². The molecule has 2 aliphatic rings. The third-order valence-electron chi connectivity index (χ3n) is 7.04. The first-order chi connectivity index (χ1) is 15.5. The molecule has 166 valence electrons. The highest BCUT2D eigenvalue weighted by atomic mass is 16.2. The summed E-state index contributed by atoms with van der Waals surface area (Å²) in [5.41, 5.74) is 3.57. The first-order valence-corrected chi connectivity index (χ1v) is 11.7. The molecule has 1 fully saturated rings. The van der Waals surface area contributed by atoms with Crippen LogP contribution in [0, 0.1) is 0 Å². The molecule has 0 spiro atoms. The Morgan fingerprint density at radius 1 is 1.03 bits per heavy atom. The van der Waals surface area contributed by atoms with Crippen LogP contribution in [0.2, 0.25) is 0 Å². The molecule has 0 saturated carbocycles. The van der Waals surface area contributed by atoms with E-state index in [0.717, 1.165) is 37.1 Å². The van der Waals surface area contributed by atoms with Crippen LogP contribution in [0.5, 0.6) is 0 Å². The quantitative estimate of drug-likeness (QED) is 0.619. The Morgan fingerprint density at radius 3 is 2.47 bits per heavy atom. The number of nitrogens with zero attached hydrogens (tertiary/aromatic N) is 4. The monoisotopic (exact) mass is 430 g/mol. The van der Waals surface area contributed by atoms with Crippen molar-refractivity contribution in [3.63, 3.8) is 0 Å². The van der Waals surface area contributed by atoms with Crippen LogP contribution in [-0.4, -0.2) is 34.3 Å². The zero-order valence-electron chi connectivity index (χ0n) is 19.0. The van der Waals surface area contributed by atoms with Crippen molar-refractivity contribution in [3.8, 4) is 0 Å². The molecule has 3 aromatic rings. The highest BCUT2D eigenvalue weighted by Gasteiger charge is 2.34. The summed E-state index contributed by atoms with van der Waals surface area (Å²) in [6.45, 7) is 7.49. The van der Waals surface area contributed by atoms with Crippen molar-refractivity contribution in [1.82, 2.24) is 9.78 Å². The Hall–Kier alpha value is -3.15. The lowest BCUT2D eigenvalue weighted by Gasteiger charge is -2.37. The third-order valence-corrected chi connectivity index (χ3v) is 7.04. The molecule has 0 bridgehead atoms. The van der Waals surface area contributed by atoms with Gasteiger partial charge in [-0.2, -0.15) is 5.10 Å². The second kappa shape index (κ2) is 8.08. The summed E-state index contributed by atoms with van der Waals surface area (Å²) in [6, 6.07) is 14.6. The van der Waals surface area contributed by atoms with Gasteiger partial charge in [-0.25, -0.2) is 4.68 Å². The number of amides is 1. The zero-order valence-corrected chi connectivity index (χ0v) is 19.0. The van der Waals surface area contributed by atoms with Crippen LogP contribution in [-0.2, 0) is 13.0 Å². The van der Waals surface area contributed by atoms with E-state index < -0.39 is 0 Å². The molecule has 0 radical (unpaired) electrons. The van der Waals surface area contributed by atoms with Gasteiger partial charge in [0.1, 0.15) is 0 Å². The number of carbonyl (C=O) groups is 1. The SMILES string of the molecule is CCn1nc(C(=O)N2CCCc3cccc(N4[C@H](C)CC[C@H]4C)c32)c2ccccc2c1=O. The Kier molecular flexibility index (Phi) is 5.24. The maximum Gasteiger partial charge on any atom is 0.279 e. The molecular formula is C26H30N4O2. The van der Waals surface area contributed by atoms with E-state index in [4.69, 9.17) is 0 Å². The van der Waals surface area contributed by atoms with E-state index in [1.807, 2.05) is 30.0 Å². The Bertz CT molecular complexity index is 1240. The fraction of sp³-hybridized carbons (Fsp3) is 0.423. The lowest BCUT2D eigenvalue weighted by atomic mass is 9.98. The van der Waals surface area contributed by atoms with Crippen LogP contribution in [0.25, 0.3) is 10.8 Å². The molecule has 2 atom stereocenters. The van der Waals surface area contributed by atoms with Crippen LogP contribution in [0.4, 0.5) is 11.4 Å². The average molecular weight is 431 g/mol. The minimum Gasteiger partial charge on any atom is -0.364 e. The highest BCUT2D eigenvalue weighted by molar-refractivity contribution is 6.14. The fourth-order valence-electron chi connectivity index (χ4n) is 5.45. The van der Waals surface area contributed by atoms with E-state index in [2.05, 4.69) is 42.0 Å². The van der Waals surface area contributed by atoms with Gasteiger partial charge >= 0.3 is 0 Å². The minimum atomic E-state index is -0.154. The molecule has 3 heterocycles. The van der Waals surface area contributed by atoms with Gasteiger partial charge in [-0.1, -0.05) is 30.3 Å². The zero-order chi connectivity index (χ0) is 22.4. The van der Waals surface area contributed by atoms with E-state index in [-0.39, 0.29) is 11.5 Å². The van der Waals surface area contributed by atoms with Crippen LogP contribution in [0.3, 0.4) is 0 Å². The smallest absolute Gasteiger partial charge is 0.279 e. The van der Waals surface area contributed by atoms with Gasteiger partial charge in [-0.3, -0.25) is 9.59 Å². The van der Waals surface area contributed by atoms with Crippen molar-refractivity contribution in [2.45, 2.75) is 65.1 Å². The van der Waals surface area contributed by atoms with Crippen LogP contribution in [0.1, 0.15) is 56.1 Å². The maximum atomic E-state index is 14.0. The molecule has 2 aromatic carbocycles. The average Bonchev–Trinajstić information content (AvgIpc) is 3.16. The van der Waals surface area contributed by atoms with Crippen molar-refractivity contribution in [2.75, 3.05) is 16.3 Å². The molecule has 32 heavy (non-hydrogen) atoms. The first kappa shape index (κ1) is 20.7. The third kappa shape index (κ3) is 3.20. The summed E-state index contributed by atoms with van der Waals surface area (Å²) in [5, 5.41) is 5.69. The molecule has 1 saturated heterocycles. The number of aromatic nitrogens is 2. The maximum absolute atomic E-state index is 14.0. The van der Waals surface area contributed by atoms with Gasteiger partial charge in [-0.05, 0) is 64.2 Å². The molecule has 0 aliphatic carbocycles. The van der Waals surface area contributed by atoms with E-state index in [1.54, 1.807) is 6.07 Å². The number of benzene rings is 2. The molecule has 0 unspecified atom stereocenters.